The second-order valence-electron chi connectivity index (χ2n) is 6.14. The molecule has 2 N–H and O–H groups in total. The first-order valence-corrected chi connectivity index (χ1v) is 8.28. The van der Waals surface area contributed by atoms with Gasteiger partial charge in [-0.2, -0.15) is 11.8 Å². The topological polar surface area (TPSA) is 32.3 Å². The summed E-state index contributed by atoms with van der Waals surface area (Å²) in [5, 5.41) is 12.7. The fraction of sp³-hybridized carbons (Fsp3) is 0.625. The van der Waals surface area contributed by atoms with Crippen LogP contribution in [0.3, 0.4) is 0 Å². The van der Waals surface area contributed by atoms with E-state index in [1.165, 1.54) is 11.1 Å². The molecule has 0 amide bonds. The number of benzene rings is 1. The van der Waals surface area contributed by atoms with Crippen LogP contribution in [0, 0.1) is 5.41 Å². The summed E-state index contributed by atoms with van der Waals surface area (Å²) < 4.78 is 0. The largest absolute Gasteiger partial charge is 0.396 e. The third-order valence-electron chi connectivity index (χ3n) is 3.81. The van der Waals surface area contributed by atoms with Crippen molar-refractivity contribution in [1.29, 1.82) is 0 Å². The smallest absolute Gasteiger partial charge is 0.0431 e. The number of rotatable bonds is 6. The molecule has 0 saturated carbocycles. The van der Waals surface area contributed by atoms with Crippen LogP contribution < -0.4 is 5.32 Å². The van der Waals surface area contributed by atoms with Crippen LogP contribution in [0.4, 0.5) is 0 Å². The van der Waals surface area contributed by atoms with E-state index >= 15 is 0 Å². The molecule has 1 atom stereocenters. The minimum absolute atomic E-state index is 0.250. The second kappa shape index (κ2) is 6.78. The van der Waals surface area contributed by atoms with Crippen molar-refractivity contribution in [2.24, 2.45) is 5.41 Å². The van der Waals surface area contributed by atoms with Crippen LogP contribution >= 0.6 is 11.8 Å². The predicted molar refractivity (Wildman–Crippen MR) is 83.4 cm³/mol. The molecule has 0 saturated heterocycles. The molecule has 2 rings (SSSR count). The number of aliphatic hydroxyl groups excluding tert-OH is 1. The molecule has 106 valence electrons. The van der Waals surface area contributed by atoms with Crippen LogP contribution in [-0.4, -0.2) is 24.0 Å². The summed E-state index contributed by atoms with van der Waals surface area (Å²) in [6.45, 7) is 5.85. The summed E-state index contributed by atoms with van der Waals surface area (Å²) in [4.78, 5) is 0. The van der Waals surface area contributed by atoms with Gasteiger partial charge in [0.25, 0.3) is 0 Å². The van der Waals surface area contributed by atoms with Crippen LogP contribution in [0.1, 0.15) is 43.9 Å². The zero-order valence-electron chi connectivity index (χ0n) is 12.0. The summed E-state index contributed by atoms with van der Waals surface area (Å²) in [6, 6.07) is 9.25. The van der Waals surface area contributed by atoms with Crippen LogP contribution in [0.5, 0.6) is 0 Å². The van der Waals surface area contributed by atoms with Crippen molar-refractivity contribution in [3.05, 3.63) is 35.4 Å². The Morgan fingerprint density at radius 1 is 1.37 bits per heavy atom. The standard InChI is InChI=1S/C16H25NOS/c1-16(2,8-5-9-18)12-17-15-11-19-10-13-6-3-4-7-14(13)15/h3-4,6-7,15,17-18H,5,8-12H2,1-2H3. The number of nitrogens with one attached hydrogen (secondary N) is 1. The highest BCUT2D eigenvalue weighted by Crippen LogP contribution is 2.32. The summed E-state index contributed by atoms with van der Waals surface area (Å²) in [6.07, 6.45) is 1.96. The number of fused-ring (bicyclic) bond motifs is 1. The predicted octanol–water partition coefficient (Wildman–Crippen LogP) is 3.36. The van der Waals surface area contributed by atoms with E-state index in [1.54, 1.807) is 0 Å². The lowest BCUT2D eigenvalue weighted by atomic mass is 9.87. The highest BCUT2D eigenvalue weighted by Gasteiger charge is 2.23. The molecule has 1 unspecified atom stereocenters. The first-order chi connectivity index (χ1) is 9.12. The van der Waals surface area contributed by atoms with E-state index in [2.05, 4.69) is 43.4 Å². The van der Waals surface area contributed by atoms with Crippen molar-refractivity contribution < 1.29 is 5.11 Å². The highest BCUT2D eigenvalue weighted by molar-refractivity contribution is 7.98. The molecule has 0 aliphatic carbocycles. The number of thioether (sulfide) groups is 1. The van der Waals surface area contributed by atoms with Gasteiger partial charge in [0, 0.05) is 30.7 Å². The van der Waals surface area contributed by atoms with Gasteiger partial charge >= 0.3 is 0 Å². The molecular formula is C16H25NOS. The van der Waals surface area contributed by atoms with E-state index in [1.807, 2.05) is 11.8 Å². The molecular weight excluding hydrogens is 254 g/mol. The van der Waals surface area contributed by atoms with Gasteiger partial charge < -0.3 is 10.4 Å². The van der Waals surface area contributed by atoms with Crippen molar-refractivity contribution in [2.75, 3.05) is 18.9 Å². The Balaban J connectivity index is 1.94. The summed E-state index contributed by atoms with van der Waals surface area (Å²) in [5.41, 5.74) is 3.20. The monoisotopic (exact) mass is 279 g/mol. The zero-order valence-corrected chi connectivity index (χ0v) is 12.8. The van der Waals surface area contributed by atoms with Gasteiger partial charge in [-0.25, -0.2) is 0 Å². The summed E-state index contributed by atoms with van der Waals surface area (Å²) >= 11 is 2.01. The SMILES string of the molecule is CC(C)(CCCO)CNC1CSCc2ccccc21. The van der Waals surface area contributed by atoms with Gasteiger partial charge in [-0.15, -0.1) is 0 Å². The molecule has 0 bridgehead atoms. The quantitative estimate of drug-likeness (QED) is 0.837. The van der Waals surface area contributed by atoms with Crippen molar-refractivity contribution in [2.45, 2.75) is 38.5 Å². The maximum atomic E-state index is 8.95. The van der Waals surface area contributed by atoms with E-state index in [0.717, 1.165) is 30.9 Å². The van der Waals surface area contributed by atoms with Crippen molar-refractivity contribution >= 4 is 11.8 Å². The molecule has 0 fully saturated rings. The third-order valence-corrected chi connectivity index (χ3v) is 4.90. The molecule has 0 aromatic heterocycles. The fourth-order valence-corrected chi connectivity index (χ4v) is 3.73. The molecule has 1 aromatic carbocycles. The summed E-state index contributed by atoms with van der Waals surface area (Å²) in [5.74, 6) is 2.30. The Morgan fingerprint density at radius 2 is 2.16 bits per heavy atom. The van der Waals surface area contributed by atoms with Crippen molar-refractivity contribution in [3.8, 4) is 0 Å². The Bertz CT molecular complexity index is 405. The minimum atomic E-state index is 0.250. The average Bonchev–Trinajstić information content (AvgIpc) is 2.43. The van der Waals surface area contributed by atoms with Crippen molar-refractivity contribution in [1.82, 2.24) is 5.32 Å². The minimum Gasteiger partial charge on any atom is -0.396 e. The molecule has 1 aromatic rings. The van der Waals surface area contributed by atoms with Crippen LogP contribution in [0.25, 0.3) is 0 Å². The third kappa shape index (κ3) is 4.23. The van der Waals surface area contributed by atoms with Gasteiger partial charge in [-0.05, 0) is 29.4 Å². The lowest BCUT2D eigenvalue weighted by Crippen LogP contribution is -2.35. The highest BCUT2D eigenvalue weighted by atomic mass is 32.2. The van der Waals surface area contributed by atoms with Crippen LogP contribution in [0.2, 0.25) is 0 Å². The van der Waals surface area contributed by atoms with E-state index < -0.39 is 0 Å². The van der Waals surface area contributed by atoms with Crippen LogP contribution in [0.15, 0.2) is 24.3 Å². The van der Waals surface area contributed by atoms with E-state index in [9.17, 15) is 0 Å². The molecule has 0 radical (unpaired) electrons. The Labute approximate surface area is 121 Å². The molecule has 1 aliphatic heterocycles. The lowest BCUT2D eigenvalue weighted by molar-refractivity contribution is 0.233. The van der Waals surface area contributed by atoms with Gasteiger partial charge in [0.1, 0.15) is 0 Å². The van der Waals surface area contributed by atoms with Crippen LogP contribution in [-0.2, 0) is 5.75 Å². The molecule has 0 spiro atoms. The first-order valence-electron chi connectivity index (χ1n) is 7.12. The molecule has 19 heavy (non-hydrogen) atoms. The van der Waals surface area contributed by atoms with Gasteiger partial charge in [0.2, 0.25) is 0 Å². The molecule has 3 heteroatoms. The molecule has 1 heterocycles. The second-order valence-corrected chi connectivity index (χ2v) is 7.17. The van der Waals surface area contributed by atoms with Gasteiger partial charge in [-0.1, -0.05) is 38.1 Å². The average molecular weight is 279 g/mol. The lowest BCUT2D eigenvalue weighted by Gasteiger charge is -2.31. The Hall–Kier alpha value is -0.510. The van der Waals surface area contributed by atoms with Crippen molar-refractivity contribution in [3.63, 3.8) is 0 Å². The zero-order chi connectivity index (χ0) is 13.7. The van der Waals surface area contributed by atoms with E-state index in [-0.39, 0.29) is 5.41 Å². The number of hydrogen-bond donors (Lipinski definition) is 2. The van der Waals surface area contributed by atoms with Gasteiger partial charge in [0.05, 0.1) is 0 Å². The van der Waals surface area contributed by atoms with E-state index in [4.69, 9.17) is 5.11 Å². The number of hydrogen-bond acceptors (Lipinski definition) is 3. The first kappa shape index (κ1) is 14.9. The Kier molecular flexibility index (Phi) is 5.31. The van der Waals surface area contributed by atoms with E-state index in [0.29, 0.717) is 12.6 Å². The maximum absolute atomic E-state index is 8.95. The normalized spacial score (nSPS) is 19.2. The number of aliphatic hydroxyl groups is 1. The van der Waals surface area contributed by atoms with Gasteiger partial charge in [0.15, 0.2) is 0 Å². The molecule has 1 aliphatic rings. The van der Waals surface area contributed by atoms with Gasteiger partial charge in [-0.3, -0.25) is 0 Å². The maximum Gasteiger partial charge on any atom is 0.0431 e. The fourth-order valence-electron chi connectivity index (χ4n) is 2.60. The Morgan fingerprint density at radius 3 is 2.95 bits per heavy atom. The summed E-state index contributed by atoms with van der Waals surface area (Å²) in [7, 11) is 0. The molecule has 2 nitrogen and oxygen atoms in total.